The van der Waals surface area contributed by atoms with Gasteiger partial charge in [-0.3, -0.25) is 9.48 Å². The Hall–Kier alpha value is -2.80. The highest BCUT2D eigenvalue weighted by Crippen LogP contribution is 2.23. The Bertz CT molecular complexity index is 1010. The van der Waals surface area contributed by atoms with Gasteiger partial charge in [0.25, 0.3) is 0 Å². The number of nitrogens with one attached hydrogen (secondary N) is 1. The highest BCUT2D eigenvalue weighted by Gasteiger charge is 2.26. The van der Waals surface area contributed by atoms with Crippen LogP contribution in [0.5, 0.6) is 0 Å². The predicted molar refractivity (Wildman–Crippen MR) is 114 cm³/mol. The van der Waals surface area contributed by atoms with E-state index in [1.165, 1.54) is 0 Å². The van der Waals surface area contributed by atoms with Gasteiger partial charge in [0, 0.05) is 49.5 Å². The number of hydrogen-bond acceptors (Lipinski definition) is 5. The third kappa shape index (κ3) is 4.62. The molecule has 1 saturated heterocycles. The minimum atomic E-state index is 0.00897. The van der Waals surface area contributed by atoms with E-state index >= 15 is 0 Å². The number of rotatable bonds is 5. The summed E-state index contributed by atoms with van der Waals surface area (Å²) in [6.07, 6.45) is 7.48. The first-order chi connectivity index (χ1) is 14.0. The van der Waals surface area contributed by atoms with Gasteiger partial charge in [0.15, 0.2) is 0 Å². The molecule has 3 aromatic rings. The molecule has 4 heterocycles. The average molecular weight is 393 g/mol. The van der Waals surface area contributed by atoms with E-state index in [2.05, 4.69) is 34.1 Å². The van der Waals surface area contributed by atoms with E-state index in [0.29, 0.717) is 11.7 Å². The molecule has 0 unspecified atom stereocenters. The third-order valence-electron chi connectivity index (χ3n) is 5.33. The Kier molecular flexibility index (Phi) is 5.58. The van der Waals surface area contributed by atoms with Crippen LogP contribution in [0.4, 0.5) is 5.82 Å². The van der Waals surface area contributed by atoms with Crippen molar-refractivity contribution in [3.63, 3.8) is 0 Å². The molecule has 1 N–H and O–H groups in total. The van der Waals surface area contributed by atoms with Crippen molar-refractivity contribution in [2.75, 3.05) is 25.0 Å². The summed E-state index contributed by atoms with van der Waals surface area (Å²) in [6, 6.07) is 5.81. The molecule has 29 heavy (non-hydrogen) atoms. The van der Waals surface area contributed by atoms with Crippen LogP contribution >= 0.6 is 0 Å². The first-order valence-corrected chi connectivity index (χ1v) is 10.3. The Labute approximate surface area is 171 Å². The van der Waals surface area contributed by atoms with Crippen molar-refractivity contribution in [2.45, 2.75) is 26.7 Å². The van der Waals surface area contributed by atoms with Gasteiger partial charge in [-0.15, -0.1) is 0 Å². The van der Waals surface area contributed by atoms with Crippen LogP contribution in [0.15, 0.2) is 36.8 Å². The molecule has 7 nitrogen and oxygen atoms in total. The number of aromatic nitrogens is 4. The summed E-state index contributed by atoms with van der Waals surface area (Å²) in [4.78, 5) is 24.4. The molecule has 1 fully saturated rings. The van der Waals surface area contributed by atoms with E-state index in [9.17, 15) is 4.79 Å². The zero-order valence-corrected chi connectivity index (χ0v) is 17.3. The van der Waals surface area contributed by atoms with Gasteiger partial charge in [-0.25, -0.2) is 9.97 Å². The van der Waals surface area contributed by atoms with Crippen LogP contribution in [0, 0.1) is 11.8 Å². The van der Waals surface area contributed by atoms with Crippen LogP contribution in [-0.2, 0) is 11.8 Å². The van der Waals surface area contributed by atoms with E-state index < -0.39 is 0 Å². The summed E-state index contributed by atoms with van der Waals surface area (Å²) in [5.41, 5.74) is 2.62. The summed E-state index contributed by atoms with van der Waals surface area (Å²) in [7, 11) is 1.88. The van der Waals surface area contributed by atoms with E-state index in [1.54, 1.807) is 17.1 Å². The molecule has 4 rings (SSSR count). The Morgan fingerprint density at radius 1 is 1.31 bits per heavy atom. The second kappa shape index (κ2) is 8.29. The zero-order chi connectivity index (χ0) is 20.4. The molecule has 0 saturated carbocycles. The molecule has 0 aromatic carbocycles. The fourth-order valence-electron chi connectivity index (χ4n) is 3.98. The molecule has 0 bridgehead atoms. The second-order valence-corrected chi connectivity index (χ2v) is 8.34. The van der Waals surface area contributed by atoms with E-state index in [-0.39, 0.29) is 11.8 Å². The van der Waals surface area contributed by atoms with Crippen LogP contribution in [-0.4, -0.2) is 50.2 Å². The lowest BCUT2D eigenvalue weighted by molar-refractivity contribution is -0.121. The highest BCUT2D eigenvalue weighted by atomic mass is 16.2. The quantitative estimate of drug-likeness (QED) is 0.721. The SMILES string of the molecule is CC(C)CN1CCC[C@H](C(=O)Nc2cc3nc(-c4cnn(C)c4)ccc3cn2)C1. The number of anilines is 1. The van der Waals surface area contributed by atoms with Crippen molar-refractivity contribution in [1.82, 2.24) is 24.6 Å². The van der Waals surface area contributed by atoms with Crippen molar-refractivity contribution in [3.05, 3.63) is 36.8 Å². The summed E-state index contributed by atoms with van der Waals surface area (Å²) in [6.45, 7) is 7.38. The van der Waals surface area contributed by atoms with Gasteiger partial charge in [-0.1, -0.05) is 13.8 Å². The second-order valence-electron chi connectivity index (χ2n) is 8.34. The summed E-state index contributed by atoms with van der Waals surface area (Å²) < 4.78 is 1.76. The smallest absolute Gasteiger partial charge is 0.229 e. The van der Waals surface area contributed by atoms with Crippen LogP contribution in [0.1, 0.15) is 26.7 Å². The lowest BCUT2D eigenvalue weighted by atomic mass is 9.96. The molecule has 1 aliphatic heterocycles. The minimum absolute atomic E-state index is 0.00897. The number of fused-ring (bicyclic) bond motifs is 1. The van der Waals surface area contributed by atoms with Gasteiger partial charge < -0.3 is 10.2 Å². The molecule has 1 amide bonds. The lowest BCUT2D eigenvalue weighted by Gasteiger charge is -2.32. The molecular formula is C22H28N6O. The van der Waals surface area contributed by atoms with Crippen LogP contribution in [0.3, 0.4) is 0 Å². The highest BCUT2D eigenvalue weighted by molar-refractivity contribution is 5.93. The molecule has 0 spiro atoms. The average Bonchev–Trinajstić information content (AvgIpc) is 3.13. The Morgan fingerprint density at radius 2 is 2.17 bits per heavy atom. The van der Waals surface area contributed by atoms with Gasteiger partial charge in [-0.2, -0.15) is 5.10 Å². The molecule has 152 valence electrons. The third-order valence-corrected chi connectivity index (χ3v) is 5.33. The molecule has 0 radical (unpaired) electrons. The number of likely N-dealkylation sites (tertiary alicyclic amines) is 1. The fourth-order valence-corrected chi connectivity index (χ4v) is 3.98. The van der Waals surface area contributed by atoms with Crippen molar-refractivity contribution in [2.24, 2.45) is 18.9 Å². The summed E-state index contributed by atoms with van der Waals surface area (Å²) in [5.74, 6) is 1.22. The Morgan fingerprint density at radius 3 is 2.93 bits per heavy atom. The molecule has 3 aromatic heterocycles. The standard InChI is InChI=1S/C22H28N6O/c1-15(2)12-28-8-4-5-17(14-28)22(29)26-21-9-20-16(10-23-21)6-7-19(25-20)18-11-24-27(3)13-18/h6-7,9-11,13,15,17H,4-5,8,12,14H2,1-3H3,(H,23,26,29)/t17-/m0/s1. The van der Waals surface area contributed by atoms with E-state index in [4.69, 9.17) is 4.98 Å². The number of carbonyl (C=O) groups excluding carboxylic acids is 1. The van der Waals surface area contributed by atoms with Crippen LogP contribution in [0.25, 0.3) is 22.2 Å². The first-order valence-electron chi connectivity index (χ1n) is 10.3. The zero-order valence-electron chi connectivity index (χ0n) is 17.3. The van der Waals surface area contributed by atoms with Crippen molar-refractivity contribution in [3.8, 4) is 11.3 Å². The topological polar surface area (TPSA) is 75.9 Å². The number of nitrogens with zero attached hydrogens (tertiary/aromatic N) is 5. The van der Waals surface area contributed by atoms with Crippen LogP contribution < -0.4 is 5.32 Å². The number of aryl methyl sites for hydroxylation is 1. The largest absolute Gasteiger partial charge is 0.310 e. The monoisotopic (exact) mass is 392 g/mol. The number of amides is 1. The summed E-state index contributed by atoms with van der Waals surface area (Å²) >= 11 is 0. The number of hydrogen-bond donors (Lipinski definition) is 1. The van der Waals surface area contributed by atoms with Crippen molar-refractivity contribution in [1.29, 1.82) is 0 Å². The van der Waals surface area contributed by atoms with Gasteiger partial charge >= 0.3 is 0 Å². The number of pyridine rings is 2. The predicted octanol–water partition coefficient (Wildman–Crippen LogP) is 3.34. The molecule has 0 aliphatic carbocycles. The van der Waals surface area contributed by atoms with Gasteiger partial charge in [0.1, 0.15) is 5.82 Å². The summed E-state index contributed by atoms with van der Waals surface area (Å²) in [5, 5.41) is 8.16. The van der Waals surface area contributed by atoms with E-state index in [1.807, 2.05) is 31.4 Å². The molecule has 1 aliphatic rings. The minimum Gasteiger partial charge on any atom is -0.310 e. The van der Waals surface area contributed by atoms with Gasteiger partial charge in [-0.05, 0) is 37.4 Å². The first kappa shape index (κ1) is 19.5. The maximum atomic E-state index is 12.8. The Balaban J connectivity index is 1.49. The lowest BCUT2D eigenvalue weighted by Crippen LogP contribution is -2.42. The van der Waals surface area contributed by atoms with Gasteiger partial charge in [0.2, 0.25) is 5.91 Å². The maximum Gasteiger partial charge on any atom is 0.229 e. The number of carbonyl (C=O) groups is 1. The number of piperidine rings is 1. The van der Waals surface area contributed by atoms with Crippen LogP contribution in [0.2, 0.25) is 0 Å². The molecule has 7 heteroatoms. The van der Waals surface area contributed by atoms with Crippen molar-refractivity contribution >= 4 is 22.6 Å². The van der Waals surface area contributed by atoms with Crippen molar-refractivity contribution < 1.29 is 4.79 Å². The maximum absolute atomic E-state index is 12.8. The van der Waals surface area contributed by atoms with Gasteiger partial charge in [0.05, 0.1) is 23.3 Å². The molecule has 1 atom stereocenters. The van der Waals surface area contributed by atoms with E-state index in [0.717, 1.165) is 54.6 Å². The fraction of sp³-hybridized carbons (Fsp3) is 0.455. The normalized spacial score (nSPS) is 17.7. The molecular weight excluding hydrogens is 364 g/mol.